The van der Waals surface area contributed by atoms with Gasteiger partial charge in [0.05, 0.1) is 40.2 Å². The molecule has 300 valence electrons. The predicted molar refractivity (Wildman–Crippen MR) is 211 cm³/mol. The van der Waals surface area contributed by atoms with Crippen molar-refractivity contribution in [1.29, 1.82) is 5.26 Å². The molecule has 2 aromatic carbocycles. The molecule has 1 N–H and O–H groups in total. The smallest absolute Gasteiger partial charge is 0.274 e. The highest BCUT2D eigenvalue weighted by molar-refractivity contribution is 6.31. The standard InChI is InChI=1S/C42H44ClN9O6/c43-34-18-30(3-1-26(34)19-44)58-31-15-27-23-51(24-28(27)16-31)42(57)35-20-46-37(21-45-35)50-9-7-25(8-10-50)22-48-11-13-49(14-12-48)29-2-4-32-33(17-29)41(56)52(40(32)55)36-5-6-38(53)47-39(36)54/h1-4,17-18,20-21,25,27-28,31,36H,5-16,22-24H2,(H,47,53,54)/t27-,28?,31?,36?/m1/s1. The van der Waals surface area contributed by atoms with Crippen LogP contribution in [0.4, 0.5) is 11.5 Å². The lowest BCUT2D eigenvalue weighted by Crippen LogP contribution is -2.54. The van der Waals surface area contributed by atoms with Crippen LogP contribution < -0.4 is 19.9 Å². The van der Waals surface area contributed by atoms with Crippen LogP contribution in [0, 0.1) is 29.1 Å². The lowest BCUT2D eigenvalue weighted by molar-refractivity contribution is -0.136. The molecule has 0 radical (unpaired) electrons. The van der Waals surface area contributed by atoms with Crippen LogP contribution in [0.1, 0.15) is 75.3 Å². The van der Waals surface area contributed by atoms with Gasteiger partial charge in [0.25, 0.3) is 17.7 Å². The van der Waals surface area contributed by atoms with Gasteiger partial charge in [-0.05, 0) is 80.2 Å². The molecule has 1 saturated carbocycles. The molecule has 1 aliphatic carbocycles. The molecule has 6 heterocycles. The van der Waals surface area contributed by atoms with Gasteiger partial charge in [-0.1, -0.05) is 11.6 Å². The highest BCUT2D eigenvalue weighted by atomic mass is 35.5. The SMILES string of the molecule is N#Cc1ccc(OC2CC3CN(C(=O)c4cnc(N5CCC(CN6CCN(c7ccc8c(c7)C(=O)N(C7CCC(=O)NC7=O)C8=O)CC6)CC5)cn4)C[C@H]3C2)cc1Cl. The summed E-state index contributed by atoms with van der Waals surface area (Å²) in [6.07, 6.45) is 7.41. The molecule has 4 atom stereocenters. The molecular formula is C42H44ClN9O6. The Balaban J connectivity index is 0.709. The van der Waals surface area contributed by atoms with Crippen molar-refractivity contribution in [2.45, 2.75) is 50.7 Å². The first-order valence-corrected chi connectivity index (χ1v) is 20.5. The summed E-state index contributed by atoms with van der Waals surface area (Å²) in [7, 11) is 0. The molecule has 1 aromatic heterocycles. The zero-order valence-electron chi connectivity index (χ0n) is 32.0. The van der Waals surface area contributed by atoms with Gasteiger partial charge in [-0.2, -0.15) is 5.26 Å². The molecule has 6 aliphatic rings. The van der Waals surface area contributed by atoms with Crippen molar-refractivity contribution in [2.24, 2.45) is 17.8 Å². The Morgan fingerprint density at radius 3 is 2.28 bits per heavy atom. The van der Waals surface area contributed by atoms with E-state index in [1.807, 2.05) is 11.0 Å². The van der Waals surface area contributed by atoms with E-state index in [0.717, 1.165) is 87.9 Å². The van der Waals surface area contributed by atoms with E-state index in [4.69, 9.17) is 21.6 Å². The number of piperazine rings is 1. The number of aromatic nitrogens is 2. The fourth-order valence-electron chi connectivity index (χ4n) is 9.67. The van der Waals surface area contributed by atoms with Gasteiger partial charge in [-0.3, -0.25) is 39.1 Å². The monoisotopic (exact) mass is 805 g/mol. The number of anilines is 2. The Morgan fingerprint density at radius 2 is 1.60 bits per heavy atom. The third-order valence-electron chi connectivity index (χ3n) is 12.8. The molecule has 5 aliphatic heterocycles. The number of halogens is 1. The van der Waals surface area contributed by atoms with Crippen LogP contribution >= 0.6 is 11.6 Å². The van der Waals surface area contributed by atoms with Gasteiger partial charge in [0.2, 0.25) is 11.8 Å². The Morgan fingerprint density at radius 1 is 0.862 bits per heavy atom. The van der Waals surface area contributed by atoms with E-state index in [1.54, 1.807) is 42.7 Å². The number of piperidine rings is 2. The lowest BCUT2D eigenvalue weighted by Gasteiger charge is -2.39. The number of likely N-dealkylation sites (tertiary alicyclic amines) is 1. The molecule has 0 bridgehead atoms. The average molecular weight is 806 g/mol. The lowest BCUT2D eigenvalue weighted by atomic mass is 9.96. The number of hydrogen-bond donors (Lipinski definition) is 1. The molecule has 58 heavy (non-hydrogen) atoms. The second-order valence-corrected chi connectivity index (χ2v) is 16.8. The van der Waals surface area contributed by atoms with E-state index >= 15 is 0 Å². The van der Waals surface area contributed by atoms with Crippen LogP contribution in [0.15, 0.2) is 48.8 Å². The molecule has 16 heteroatoms. The summed E-state index contributed by atoms with van der Waals surface area (Å²) in [6.45, 7) is 7.45. The number of carbonyl (C=O) groups is 5. The Kier molecular flexibility index (Phi) is 10.2. The maximum atomic E-state index is 13.4. The maximum absolute atomic E-state index is 13.4. The van der Waals surface area contributed by atoms with Gasteiger partial charge in [0.1, 0.15) is 29.4 Å². The summed E-state index contributed by atoms with van der Waals surface area (Å²) in [6, 6.07) is 11.5. The second kappa shape index (κ2) is 15.6. The largest absolute Gasteiger partial charge is 0.490 e. The molecular weight excluding hydrogens is 762 g/mol. The van der Waals surface area contributed by atoms with Crippen molar-refractivity contribution in [1.82, 2.24) is 30.0 Å². The first-order chi connectivity index (χ1) is 28.1. The number of carbonyl (C=O) groups excluding carboxylic acids is 5. The van der Waals surface area contributed by atoms with E-state index in [1.165, 1.54) is 0 Å². The van der Waals surface area contributed by atoms with Crippen LogP contribution in [0.25, 0.3) is 0 Å². The van der Waals surface area contributed by atoms with Gasteiger partial charge in [-0.15, -0.1) is 0 Å². The molecule has 0 spiro atoms. The molecule has 3 aromatic rings. The number of fused-ring (bicyclic) bond motifs is 2. The van der Waals surface area contributed by atoms with Crippen LogP contribution in [-0.2, 0) is 9.59 Å². The number of rotatable bonds is 8. The number of ether oxygens (including phenoxy) is 1. The van der Waals surface area contributed by atoms with E-state index < -0.39 is 29.7 Å². The van der Waals surface area contributed by atoms with Gasteiger partial charge >= 0.3 is 0 Å². The van der Waals surface area contributed by atoms with Crippen molar-refractivity contribution < 1.29 is 28.7 Å². The van der Waals surface area contributed by atoms with Crippen molar-refractivity contribution in [2.75, 3.05) is 68.7 Å². The third-order valence-corrected chi connectivity index (χ3v) is 13.1. The van der Waals surface area contributed by atoms with E-state index in [-0.39, 0.29) is 24.9 Å². The molecule has 5 amide bonds. The summed E-state index contributed by atoms with van der Waals surface area (Å²) in [5, 5.41) is 11.8. The predicted octanol–water partition coefficient (Wildman–Crippen LogP) is 3.37. The van der Waals surface area contributed by atoms with Gasteiger partial charge in [0.15, 0.2) is 0 Å². The number of hydrogen-bond acceptors (Lipinski definition) is 12. The highest BCUT2D eigenvalue weighted by Gasteiger charge is 2.46. The third kappa shape index (κ3) is 7.35. The van der Waals surface area contributed by atoms with Crippen LogP contribution in [0.5, 0.6) is 5.75 Å². The first kappa shape index (κ1) is 38.0. The summed E-state index contributed by atoms with van der Waals surface area (Å²) >= 11 is 6.18. The van der Waals surface area contributed by atoms with E-state index in [0.29, 0.717) is 64.0 Å². The number of nitrogens with one attached hydrogen (secondary N) is 1. The summed E-state index contributed by atoms with van der Waals surface area (Å²) in [4.78, 5) is 83.0. The van der Waals surface area contributed by atoms with Crippen LogP contribution in [0.2, 0.25) is 5.02 Å². The summed E-state index contributed by atoms with van der Waals surface area (Å²) in [5.74, 6) is 0.672. The quantitative estimate of drug-likeness (QED) is 0.330. The van der Waals surface area contributed by atoms with Crippen molar-refractivity contribution in [3.8, 4) is 11.8 Å². The number of imide groups is 2. The topological polar surface area (TPSA) is 172 Å². The minimum atomic E-state index is -0.976. The van der Waals surface area contributed by atoms with Crippen LogP contribution in [0.3, 0.4) is 0 Å². The Labute approximate surface area is 340 Å². The fourth-order valence-corrected chi connectivity index (χ4v) is 9.88. The Bertz CT molecular complexity index is 2180. The molecule has 3 unspecified atom stereocenters. The van der Waals surface area contributed by atoms with E-state index in [2.05, 4.69) is 36.1 Å². The number of amides is 5. The maximum Gasteiger partial charge on any atom is 0.274 e. The molecule has 4 saturated heterocycles. The van der Waals surface area contributed by atoms with Crippen molar-refractivity contribution >= 4 is 52.6 Å². The van der Waals surface area contributed by atoms with Gasteiger partial charge in [0, 0.05) is 77.1 Å². The molecule has 9 rings (SSSR count). The minimum Gasteiger partial charge on any atom is -0.490 e. The number of benzene rings is 2. The van der Waals surface area contributed by atoms with Gasteiger partial charge in [-0.25, -0.2) is 9.97 Å². The highest BCUT2D eigenvalue weighted by Crippen LogP contribution is 2.41. The average Bonchev–Trinajstić information content (AvgIpc) is 3.88. The zero-order chi connectivity index (χ0) is 40.1. The fraction of sp³-hybridized carbons (Fsp3) is 0.476. The summed E-state index contributed by atoms with van der Waals surface area (Å²) < 4.78 is 6.18. The second-order valence-electron chi connectivity index (χ2n) is 16.4. The normalized spacial score (nSPS) is 25.2. The zero-order valence-corrected chi connectivity index (χ0v) is 32.8. The van der Waals surface area contributed by atoms with Gasteiger partial charge < -0.3 is 19.4 Å². The number of nitrogens with zero attached hydrogens (tertiary/aromatic N) is 8. The van der Waals surface area contributed by atoms with Crippen molar-refractivity contribution in [3.63, 3.8) is 0 Å². The van der Waals surface area contributed by atoms with Crippen molar-refractivity contribution in [3.05, 3.63) is 76.2 Å². The number of nitriles is 1. The van der Waals surface area contributed by atoms with Crippen LogP contribution in [-0.4, -0.2) is 125 Å². The minimum absolute atomic E-state index is 0.0545. The first-order valence-electron chi connectivity index (χ1n) is 20.2. The Hall–Kier alpha value is -5.59. The molecule has 15 nitrogen and oxygen atoms in total. The summed E-state index contributed by atoms with van der Waals surface area (Å²) in [5.41, 5.74) is 2.26. The molecule has 5 fully saturated rings. The van der Waals surface area contributed by atoms with E-state index in [9.17, 15) is 24.0 Å².